The lowest BCUT2D eigenvalue weighted by Gasteiger charge is -2.48. The number of unbranched alkanes of at least 4 members (excludes halogenated alkanes) is 34. The van der Waals surface area contributed by atoms with Crippen molar-refractivity contribution in [2.75, 3.05) is 26.4 Å². The number of aliphatic hydroxyl groups excluding tert-OH is 11. The van der Waals surface area contributed by atoms with Crippen LogP contribution in [0.3, 0.4) is 0 Å². The van der Waals surface area contributed by atoms with Gasteiger partial charge in [0.05, 0.1) is 38.6 Å². The van der Waals surface area contributed by atoms with Gasteiger partial charge in [-0.1, -0.05) is 285 Å². The fourth-order valence-electron chi connectivity index (χ4n) is 13.0. The number of aliphatic hydroxyl groups is 11. The van der Waals surface area contributed by atoms with Gasteiger partial charge < -0.3 is 89.9 Å². The lowest BCUT2D eigenvalue weighted by atomic mass is 9.96. The van der Waals surface area contributed by atoms with Crippen molar-refractivity contribution in [1.29, 1.82) is 0 Å². The van der Waals surface area contributed by atoms with E-state index in [1.54, 1.807) is 6.08 Å². The van der Waals surface area contributed by atoms with Crippen LogP contribution in [0.25, 0.3) is 0 Å². The van der Waals surface area contributed by atoms with Gasteiger partial charge in [-0.05, 0) is 83.5 Å². The first-order valence-corrected chi connectivity index (χ1v) is 39.8. The van der Waals surface area contributed by atoms with Gasteiger partial charge in [-0.15, -0.1) is 0 Å². The number of allylic oxidation sites excluding steroid dienone is 13. The van der Waals surface area contributed by atoms with Gasteiger partial charge >= 0.3 is 0 Å². The topological polar surface area (TPSA) is 307 Å². The molecule has 0 aromatic heterocycles. The average Bonchev–Trinajstić information content (AvgIpc) is 0.784. The molecule has 19 heteroatoms. The summed E-state index contributed by atoms with van der Waals surface area (Å²) in [5.41, 5.74) is 0. The molecule has 3 fully saturated rings. The van der Waals surface area contributed by atoms with Crippen LogP contribution in [0.4, 0.5) is 0 Å². The zero-order chi connectivity index (χ0) is 72.5. The Kier molecular flexibility index (Phi) is 55.8. The highest BCUT2D eigenvalue weighted by Gasteiger charge is 2.53. The third kappa shape index (κ3) is 41.0. The summed E-state index contributed by atoms with van der Waals surface area (Å²) in [7, 11) is 0. The molecule has 3 rings (SSSR count). The van der Waals surface area contributed by atoms with Crippen molar-refractivity contribution in [2.45, 2.75) is 394 Å². The van der Waals surface area contributed by atoms with E-state index >= 15 is 0 Å². The zero-order valence-electron chi connectivity index (χ0n) is 61.9. The largest absolute Gasteiger partial charge is 0.394 e. The number of hydrogen-bond acceptors (Lipinski definition) is 18. The number of carbonyl (C=O) groups excluding carboxylic acids is 1. The predicted octanol–water partition coefficient (Wildman–Crippen LogP) is 13.0. The molecule has 19 nitrogen and oxygen atoms in total. The molecule has 0 bridgehead atoms. The molecule has 0 spiro atoms. The first kappa shape index (κ1) is 91.2. The first-order valence-electron chi connectivity index (χ1n) is 39.8. The second-order valence-electron chi connectivity index (χ2n) is 28.1. The third-order valence-corrected chi connectivity index (χ3v) is 19.4. The van der Waals surface area contributed by atoms with Crippen molar-refractivity contribution in [3.05, 3.63) is 85.1 Å². The Morgan fingerprint density at radius 2 is 0.700 bits per heavy atom. The SMILES string of the molecule is CC/C=C\C/C=C\C/C=C\C/C=C\CCCCCCCCCCCCCCCCCCCCCCCCCCCCC(=O)NC(COC1OC(CO)C(OC2OC(CO)C(OC3OC(CO)C(O)C(O)C3O)C(O)C2O)C(O)C1O)C(O)/C=C/CC/C=C/CC/C=C/CCCCCCCC. The molecule has 17 unspecified atom stereocenters. The van der Waals surface area contributed by atoms with E-state index in [1.165, 1.54) is 186 Å². The van der Waals surface area contributed by atoms with Crippen molar-refractivity contribution in [2.24, 2.45) is 0 Å². The standard InChI is InChI=1S/C81H143NO18/c1-3-5-7-9-11-13-15-17-19-21-22-23-24-25-26-27-28-29-30-31-32-33-34-35-36-37-38-39-40-41-42-43-45-47-49-51-53-55-57-59-69(87)82-64(65(86)58-56-54-52-50-48-46-44-20-18-16-14-12-10-8-6-4-2)63-95-79-75(93)72(90)77(67(61-84)97-79)100-81-76(94)73(91)78(68(62-85)98-81)99-80-74(92)71(89)70(88)66(60-83)96-80/h5,7,11,13,17-20,22-23,48,50,56,58,64-68,70-81,83-86,88-94H,3-4,6,8-10,12,14-16,21,24-47,49,51-55,57,59-63H2,1-2H3,(H,82,87)/b7-5-,13-11-,19-17-,20-18+,23-22-,50-48+,58-56+. The summed E-state index contributed by atoms with van der Waals surface area (Å²) in [6, 6.07) is -0.998. The Labute approximate surface area is 603 Å². The zero-order valence-corrected chi connectivity index (χ0v) is 61.9. The molecule has 580 valence electrons. The summed E-state index contributed by atoms with van der Waals surface area (Å²) < 4.78 is 34.4. The second kappa shape index (κ2) is 61.2. The number of hydrogen-bond donors (Lipinski definition) is 12. The molecule has 3 aliphatic heterocycles. The van der Waals surface area contributed by atoms with Gasteiger partial charge in [0.25, 0.3) is 0 Å². The van der Waals surface area contributed by atoms with Gasteiger partial charge in [-0.2, -0.15) is 0 Å². The Morgan fingerprint density at radius 3 is 1.12 bits per heavy atom. The molecule has 0 saturated carbocycles. The average molecular weight is 1420 g/mol. The Balaban J connectivity index is 1.31. The van der Waals surface area contributed by atoms with Crippen LogP contribution in [0.1, 0.15) is 290 Å². The lowest BCUT2D eigenvalue weighted by Crippen LogP contribution is -2.66. The Hall–Kier alpha value is -3.03. The summed E-state index contributed by atoms with van der Waals surface area (Å²) in [4.78, 5) is 13.4. The van der Waals surface area contributed by atoms with E-state index in [2.05, 4.69) is 92.1 Å². The van der Waals surface area contributed by atoms with Crippen LogP contribution in [-0.4, -0.2) is 193 Å². The first-order chi connectivity index (χ1) is 48.8. The highest BCUT2D eigenvalue weighted by molar-refractivity contribution is 5.76. The Bertz CT molecular complexity index is 2140. The van der Waals surface area contributed by atoms with Crippen LogP contribution in [0.5, 0.6) is 0 Å². The van der Waals surface area contributed by atoms with Crippen LogP contribution < -0.4 is 5.32 Å². The van der Waals surface area contributed by atoms with Gasteiger partial charge in [0.2, 0.25) is 5.91 Å². The number of nitrogens with one attached hydrogen (secondary N) is 1. The Morgan fingerprint density at radius 1 is 0.370 bits per heavy atom. The van der Waals surface area contributed by atoms with Crippen molar-refractivity contribution in [1.82, 2.24) is 5.32 Å². The monoisotopic (exact) mass is 1420 g/mol. The van der Waals surface area contributed by atoms with Crippen LogP contribution in [0, 0.1) is 0 Å². The molecule has 3 saturated heterocycles. The van der Waals surface area contributed by atoms with Crippen molar-refractivity contribution >= 4 is 5.91 Å². The maximum atomic E-state index is 13.4. The maximum absolute atomic E-state index is 13.4. The lowest BCUT2D eigenvalue weighted by molar-refractivity contribution is -0.379. The summed E-state index contributed by atoms with van der Waals surface area (Å²) >= 11 is 0. The van der Waals surface area contributed by atoms with E-state index in [0.717, 1.165) is 70.6 Å². The molecule has 0 aromatic carbocycles. The molecular formula is C81H143NO18. The number of ether oxygens (including phenoxy) is 6. The van der Waals surface area contributed by atoms with Crippen molar-refractivity contribution in [3.8, 4) is 0 Å². The number of rotatable bonds is 62. The summed E-state index contributed by atoms with van der Waals surface area (Å²) in [5, 5.41) is 121. The van der Waals surface area contributed by atoms with Crippen LogP contribution in [0.2, 0.25) is 0 Å². The van der Waals surface area contributed by atoms with E-state index in [0.29, 0.717) is 12.8 Å². The van der Waals surface area contributed by atoms with Crippen molar-refractivity contribution < 1.29 is 89.4 Å². The third-order valence-electron chi connectivity index (χ3n) is 19.4. The minimum Gasteiger partial charge on any atom is -0.394 e. The van der Waals surface area contributed by atoms with E-state index in [1.807, 2.05) is 6.08 Å². The molecule has 100 heavy (non-hydrogen) atoms. The van der Waals surface area contributed by atoms with Gasteiger partial charge in [0.15, 0.2) is 18.9 Å². The maximum Gasteiger partial charge on any atom is 0.220 e. The van der Waals surface area contributed by atoms with Crippen LogP contribution in [0.15, 0.2) is 85.1 Å². The number of carbonyl (C=O) groups is 1. The molecule has 3 aliphatic rings. The summed E-state index contributed by atoms with van der Waals surface area (Å²) in [6.07, 6.45) is 54.6. The quantitative estimate of drug-likeness (QED) is 0.0199. The van der Waals surface area contributed by atoms with Gasteiger partial charge in [-0.3, -0.25) is 4.79 Å². The molecular weight excluding hydrogens is 1270 g/mol. The van der Waals surface area contributed by atoms with Gasteiger partial charge in [0, 0.05) is 6.42 Å². The van der Waals surface area contributed by atoms with Gasteiger partial charge in [0.1, 0.15) is 73.2 Å². The smallest absolute Gasteiger partial charge is 0.220 e. The molecule has 0 aliphatic carbocycles. The van der Waals surface area contributed by atoms with E-state index < -0.39 is 124 Å². The van der Waals surface area contributed by atoms with E-state index in [9.17, 15) is 61.0 Å². The molecule has 12 N–H and O–H groups in total. The number of amides is 1. The molecule has 0 radical (unpaired) electrons. The van der Waals surface area contributed by atoms with Crippen LogP contribution in [-0.2, 0) is 33.2 Å². The summed E-state index contributed by atoms with van der Waals surface area (Å²) in [5.74, 6) is -0.287. The molecule has 17 atom stereocenters. The normalized spacial score (nSPS) is 26.9. The highest BCUT2D eigenvalue weighted by Crippen LogP contribution is 2.33. The molecule has 0 aromatic rings. The fourth-order valence-corrected chi connectivity index (χ4v) is 13.0. The highest BCUT2D eigenvalue weighted by atomic mass is 16.8. The van der Waals surface area contributed by atoms with Gasteiger partial charge in [-0.25, -0.2) is 0 Å². The van der Waals surface area contributed by atoms with E-state index in [4.69, 9.17) is 28.4 Å². The minimum absolute atomic E-state index is 0.233. The van der Waals surface area contributed by atoms with Crippen LogP contribution >= 0.6 is 0 Å². The van der Waals surface area contributed by atoms with E-state index in [-0.39, 0.29) is 18.9 Å². The predicted molar refractivity (Wildman–Crippen MR) is 397 cm³/mol. The minimum atomic E-state index is -1.98. The second-order valence-corrected chi connectivity index (χ2v) is 28.1. The molecule has 1 amide bonds. The van der Waals surface area contributed by atoms with Crippen molar-refractivity contribution in [3.63, 3.8) is 0 Å². The fraction of sp³-hybridized carbons (Fsp3) is 0.815. The molecule has 3 heterocycles. The summed E-state index contributed by atoms with van der Waals surface area (Å²) in [6.45, 7) is 1.60.